The second-order valence-corrected chi connectivity index (χ2v) is 7.68. The summed E-state index contributed by atoms with van der Waals surface area (Å²) in [5.41, 5.74) is 4.45. The molecule has 0 amide bonds. The van der Waals surface area contributed by atoms with Crippen molar-refractivity contribution >= 4 is 17.3 Å². The number of rotatable bonds is 4. The maximum Gasteiger partial charge on any atom is 0.120 e. The van der Waals surface area contributed by atoms with Crippen LogP contribution >= 0.6 is 11.6 Å². The summed E-state index contributed by atoms with van der Waals surface area (Å²) >= 11 is 6.27. The van der Waals surface area contributed by atoms with Crippen LogP contribution < -0.4 is 4.90 Å². The number of hydrogen-bond acceptors (Lipinski definition) is 4. The van der Waals surface area contributed by atoms with Crippen molar-refractivity contribution in [1.29, 1.82) is 0 Å². The van der Waals surface area contributed by atoms with Crippen LogP contribution in [0.1, 0.15) is 22.7 Å². The van der Waals surface area contributed by atoms with Gasteiger partial charge in [0.1, 0.15) is 5.75 Å². The molecule has 1 saturated heterocycles. The average Bonchev–Trinajstić information content (AvgIpc) is 2.73. The molecule has 4 nitrogen and oxygen atoms in total. The zero-order chi connectivity index (χ0) is 19.5. The van der Waals surface area contributed by atoms with E-state index >= 15 is 0 Å². The molecule has 3 aromatic rings. The highest BCUT2D eigenvalue weighted by molar-refractivity contribution is 6.30. The summed E-state index contributed by atoms with van der Waals surface area (Å²) in [5, 5.41) is 11.2. The first-order chi connectivity index (χ1) is 13.6. The number of halogens is 1. The number of phenolic OH excluding ortho intramolecular Hbond substituents is 1. The van der Waals surface area contributed by atoms with Gasteiger partial charge in [-0.3, -0.25) is 9.88 Å². The smallest absolute Gasteiger partial charge is 0.120 e. The molecule has 0 bridgehead atoms. The first-order valence-electron chi connectivity index (χ1n) is 9.56. The molecule has 1 N–H and O–H groups in total. The van der Waals surface area contributed by atoms with Crippen molar-refractivity contribution in [2.45, 2.75) is 13.0 Å². The highest BCUT2D eigenvalue weighted by atomic mass is 35.5. The van der Waals surface area contributed by atoms with Gasteiger partial charge in [-0.25, -0.2) is 0 Å². The molecule has 1 aliphatic rings. The van der Waals surface area contributed by atoms with Gasteiger partial charge >= 0.3 is 0 Å². The van der Waals surface area contributed by atoms with E-state index in [9.17, 15) is 5.11 Å². The maximum absolute atomic E-state index is 10.6. The van der Waals surface area contributed by atoms with Gasteiger partial charge in [-0.2, -0.15) is 0 Å². The van der Waals surface area contributed by atoms with E-state index in [-0.39, 0.29) is 11.8 Å². The van der Waals surface area contributed by atoms with Gasteiger partial charge in [-0.05, 0) is 42.8 Å². The summed E-state index contributed by atoms with van der Waals surface area (Å²) in [6.07, 6.45) is 3.67. The Kier molecular flexibility index (Phi) is 5.51. The van der Waals surface area contributed by atoms with Crippen LogP contribution in [0.5, 0.6) is 5.75 Å². The molecule has 0 radical (unpaired) electrons. The monoisotopic (exact) mass is 393 g/mol. The molecule has 1 atom stereocenters. The highest BCUT2D eigenvalue weighted by Gasteiger charge is 2.28. The summed E-state index contributed by atoms with van der Waals surface area (Å²) in [6, 6.07) is 17.9. The Balaban J connectivity index is 1.63. The number of piperazine rings is 1. The predicted octanol–water partition coefficient (Wildman–Crippen LogP) is 4.66. The van der Waals surface area contributed by atoms with E-state index in [4.69, 9.17) is 11.6 Å². The number of benzene rings is 2. The summed E-state index contributed by atoms with van der Waals surface area (Å²) in [6.45, 7) is 5.73. The van der Waals surface area contributed by atoms with Crippen LogP contribution in [0.15, 0.2) is 67.0 Å². The van der Waals surface area contributed by atoms with Crippen molar-refractivity contribution in [3.05, 3.63) is 88.7 Å². The summed E-state index contributed by atoms with van der Waals surface area (Å²) in [4.78, 5) is 8.91. The fourth-order valence-electron chi connectivity index (χ4n) is 3.87. The molecule has 0 saturated carbocycles. The summed E-state index contributed by atoms with van der Waals surface area (Å²) < 4.78 is 0. The number of aromatic nitrogens is 1. The lowest BCUT2D eigenvalue weighted by molar-refractivity contribution is 0.209. The molecular formula is C23H24ClN3O. The van der Waals surface area contributed by atoms with Crippen molar-refractivity contribution in [3.8, 4) is 5.75 Å². The third-order valence-electron chi connectivity index (χ3n) is 5.38. The van der Waals surface area contributed by atoms with Crippen molar-refractivity contribution in [1.82, 2.24) is 9.88 Å². The van der Waals surface area contributed by atoms with Gasteiger partial charge in [-0.15, -0.1) is 0 Å². The van der Waals surface area contributed by atoms with Crippen LogP contribution in [-0.2, 0) is 0 Å². The highest BCUT2D eigenvalue weighted by Crippen LogP contribution is 2.36. The topological polar surface area (TPSA) is 39.6 Å². The fraction of sp³-hybridized carbons (Fsp3) is 0.261. The van der Waals surface area contributed by atoms with E-state index in [0.717, 1.165) is 31.7 Å². The van der Waals surface area contributed by atoms with Gasteiger partial charge in [0.25, 0.3) is 0 Å². The number of aryl methyl sites for hydroxylation is 1. The zero-order valence-electron chi connectivity index (χ0n) is 15.9. The molecule has 2 heterocycles. The quantitative estimate of drug-likeness (QED) is 0.699. The largest absolute Gasteiger partial charge is 0.508 e. The number of anilines is 1. The molecule has 28 heavy (non-hydrogen) atoms. The average molecular weight is 394 g/mol. The van der Waals surface area contributed by atoms with Crippen molar-refractivity contribution in [2.75, 3.05) is 31.1 Å². The number of pyridine rings is 1. The first kappa shape index (κ1) is 18.8. The molecule has 1 aromatic heterocycles. The minimum absolute atomic E-state index is 0.0288. The predicted molar refractivity (Wildman–Crippen MR) is 114 cm³/mol. The normalized spacial score (nSPS) is 16.1. The Morgan fingerprint density at radius 3 is 2.29 bits per heavy atom. The third kappa shape index (κ3) is 3.98. The third-order valence-corrected chi connectivity index (χ3v) is 5.62. The molecule has 4 rings (SSSR count). The molecule has 5 heteroatoms. The van der Waals surface area contributed by atoms with Gasteiger partial charge < -0.3 is 10.0 Å². The molecule has 144 valence electrons. The van der Waals surface area contributed by atoms with Gasteiger partial charge in [-0.1, -0.05) is 41.4 Å². The van der Waals surface area contributed by atoms with Crippen LogP contribution in [0.25, 0.3) is 0 Å². The van der Waals surface area contributed by atoms with E-state index < -0.39 is 0 Å². The molecular weight excluding hydrogens is 370 g/mol. The van der Waals surface area contributed by atoms with E-state index in [2.05, 4.69) is 58.1 Å². The SMILES string of the molecule is Cc1ccc(C(c2cc(Cl)ccc2O)N2CCN(c3ccncc3)CC2)cc1. The summed E-state index contributed by atoms with van der Waals surface area (Å²) in [5.74, 6) is 0.284. The van der Waals surface area contributed by atoms with Crippen molar-refractivity contribution in [2.24, 2.45) is 0 Å². The zero-order valence-corrected chi connectivity index (χ0v) is 16.7. The number of phenols is 1. The Morgan fingerprint density at radius 2 is 1.61 bits per heavy atom. The van der Waals surface area contributed by atoms with Crippen LogP contribution in [0.2, 0.25) is 5.02 Å². The van der Waals surface area contributed by atoms with Gasteiger partial charge in [0.15, 0.2) is 0 Å². The van der Waals surface area contributed by atoms with Gasteiger partial charge in [0, 0.05) is 54.8 Å². The molecule has 1 fully saturated rings. The number of hydrogen-bond donors (Lipinski definition) is 1. The second kappa shape index (κ2) is 8.21. The molecule has 1 unspecified atom stereocenters. The first-order valence-corrected chi connectivity index (χ1v) is 9.93. The molecule has 1 aliphatic heterocycles. The lowest BCUT2D eigenvalue weighted by Crippen LogP contribution is -2.48. The van der Waals surface area contributed by atoms with E-state index in [0.29, 0.717) is 5.02 Å². The Labute approximate surface area is 171 Å². The van der Waals surface area contributed by atoms with Crippen molar-refractivity contribution < 1.29 is 5.11 Å². The van der Waals surface area contributed by atoms with Crippen LogP contribution in [-0.4, -0.2) is 41.2 Å². The van der Waals surface area contributed by atoms with E-state index in [1.165, 1.54) is 16.8 Å². The van der Waals surface area contributed by atoms with E-state index in [1.807, 2.05) is 18.5 Å². The Hall–Kier alpha value is -2.56. The Morgan fingerprint density at radius 1 is 0.929 bits per heavy atom. The molecule has 0 aliphatic carbocycles. The fourth-order valence-corrected chi connectivity index (χ4v) is 4.05. The maximum atomic E-state index is 10.6. The minimum Gasteiger partial charge on any atom is -0.508 e. The van der Waals surface area contributed by atoms with Gasteiger partial charge in [0.05, 0.1) is 6.04 Å². The standard InChI is InChI=1S/C23H24ClN3O/c1-17-2-4-18(5-3-17)23(21-16-19(24)6-7-22(21)28)27-14-12-26(13-15-27)20-8-10-25-11-9-20/h2-11,16,23,28H,12-15H2,1H3. The summed E-state index contributed by atoms with van der Waals surface area (Å²) in [7, 11) is 0. The number of aromatic hydroxyl groups is 1. The lowest BCUT2D eigenvalue weighted by Gasteiger charge is -2.40. The second-order valence-electron chi connectivity index (χ2n) is 7.24. The number of nitrogens with zero attached hydrogens (tertiary/aromatic N) is 3. The minimum atomic E-state index is -0.0288. The molecule has 0 spiro atoms. The van der Waals surface area contributed by atoms with Crippen molar-refractivity contribution in [3.63, 3.8) is 0 Å². The van der Waals surface area contributed by atoms with Gasteiger partial charge in [0.2, 0.25) is 0 Å². The van der Waals surface area contributed by atoms with Crippen LogP contribution in [0, 0.1) is 6.92 Å². The van der Waals surface area contributed by atoms with E-state index in [1.54, 1.807) is 12.1 Å². The van der Waals surface area contributed by atoms with Crippen LogP contribution in [0.4, 0.5) is 5.69 Å². The Bertz CT molecular complexity index is 922. The molecule has 2 aromatic carbocycles. The van der Waals surface area contributed by atoms with Crippen LogP contribution in [0.3, 0.4) is 0 Å². The lowest BCUT2D eigenvalue weighted by atomic mass is 9.95.